The number of hydrogen-bond acceptors (Lipinski definition) is 4. The highest BCUT2D eigenvalue weighted by Crippen LogP contribution is 2.30. The van der Waals surface area contributed by atoms with Crippen LogP contribution in [-0.4, -0.2) is 30.7 Å². The highest BCUT2D eigenvalue weighted by molar-refractivity contribution is 7.17. The van der Waals surface area contributed by atoms with Crippen LogP contribution in [0.1, 0.15) is 19.8 Å². The van der Waals surface area contributed by atoms with Crippen molar-refractivity contribution >= 4 is 27.2 Å². The lowest BCUT2D eigenvalue weighted by Crippen LogP contribution is -2.46. The molecule has 96 valence electrons. The van der Waals surface area contributed by atoms with E-state index in [1.165, 1.54) is 22.9 Å². The van der Waals surface area contributed by atoms with E-state index in [-0.39, 0.29) is 0 Å². The van der Waals surface area contributed by atoms with E-state index >= 15 is 0 Å². The summed E-state index contributed by atoms with van der Waals surface area (Å²) in [4.78, 5) is 7.09. The molecule has 2 aromatic rings. The molecule has 1 atom stereocenters. The van der Waals surface area contributed by atoms with Gasteiger partial charge in [0.25, 0.3) is 0 Å². The van der Waals surface area contributed by atoms with Crippen LogP contribution in [0.4, 0.5) is 5.82 Å². The lowest BCUT2D eigenvalue weighted by molar-refractivity contribution is 0.434. The summed E-state index contributed by atoms with van der Waals surface area (Å²) in [5.41, 5.74) is 0. The summed E-state index contributed by atoms with van der Waals surface area (Å²) in [6, 6.07) is 4.89. The van der Waals surface area contributed by atoms with Crippen LogP contribution in [0.25, 0.3) is 10.1 Å². The van der Waals surface area contributed by atoms with E-state index in [1.54, 1.807) is 11.3 Å². The number of hydrogen-bond donors (Lipinski definition) is 1. The van der Waals surface area contributed by atoms with Crippen molar-refractivity contribution in [1.29, 1.82) is 0 Å². The number of likely N-dealkylation sites (N-methyl/N-ethyl adjacent to an activating group) is 1. The van der Waals surface area contributed by atoms with E-state index in [9.17, 15) is 0 Å². The number of thiophene rings is 1. The Morgan fingerprint density at radius 2 is 2.44 bits per heavy atom. The van der Waals surface area contributed by atoms with Gasteiger partial charge in [0.1, 0.15) is 5.82 Å². The third-order valence-corrected chi connectivity index (χ3v) is 4.57. The van der Waals surface area contributed by atoms with E-state index in [2.05, 4.69) is 39.6 Å². The Morgan fingerprint density at radius 3 is 3.22 bits per heavy atom. The van der Waals surface area contributed by atoms with Gasteiger partial charge in [0, 0.05) is 35.4 Å². The lowest BCUT2D eigenvalue weighted by atomic mass is 10.1. The second-order valence-corrected chi connectivity index (χ2v) is 5.70. The molecule has 1 aliphatic heterocycles. The molecule has 2 aromatic heterocycles. The Balaban J connectivity index is 1.97. The maximum atomic E-state index is 4.63. The van der Waals surface area contributed by atoms with Crippen molar-refractivity contribution in [1.82, 2.24) is 10.3 Å². The molecule has 0 amide bonds. The standard InChI is InChI=1S/C14H19N3S/c1-2-17(11-4-3-7-15-10-11)14-12-6-9-18-13(12)5-8-16-14/h5-6,8-9,11,15H,2-4,7,10H2,1H3. The Labute approximate surface area is 112 Å². The summed E-state index contributed by atoms with van der Waals surface area (Å²) in [6.45, 7) is 5.48. The molecule has 18 heavy (non-hydrogen) atoms. The van der Waals surface area contributed by atoms with Crippen molar-refractivity contribution in [2.24, 2.45) is 0 Å². The third-order valence-electron chi connectivity index (χ3n) is 3.68. The molecule has 1 N–H and O–H groups in total. The van der Waals surface area contributed by atoms with E-state index in [4.69, 9.17) is 0 Å². The van der Waals surface area contributed by atoms with Gasteiger partial charge in [-0.3, -0.25) is 0 Å². The van der Waals surface area contributed by atoms with Crippen LogP contribution >= 0.6 is 11.3 Å². The van der Waals surface area contributed by atoms with Gasteiger partial charge >= 0.3 is 0 Å². The van der Waals surface area contributed by atoms with Gasteiger partial charge in [0.05, 0.1) is 0 Å². The van der Waals surface area contributed by atoms with Crippen LogP contribution in [0.2, 0.25) is 0 Å². The first kappa shape index (κ1) is 11.9. The van der Waals surface area contributed by atoms with Crippen molar-refractivity contribution in [3.05, 3.63) is 23.7 Å². The fraction of sp³-hybridized carbons (Fsp3) is 0.500. The first-order chi connectivity index (χ1) is 8.90. The molecule has 1 unspecified atom stereocenters. The number of nitrogens with one attached hydrogen (secondary N) is 1. The van der Waals surface area contributed by atoms with E-state index in [0.717, 1.165) is 25.5 Å². The first-order valence-electron chi connectivity index (χ1n) is 6.69. The van der Waals surface area contributed by atoms with Gasteiger partial charge < -0.3 is 10.2 Å². The molecule has 0 aliphatic carbocycles. The number of anilines is 1. The van der Waals surface area contributed by atoms with Gasteiger partial charge in [-0.15, -0.1) is 11.3 Å². The summed E-state index contributed by atoms with van der Waals surface area (Å²) >= 11 is 1.79. The maximum Gasteiger partial charge on any atom is 0.137 e. The van der Waals surface area contributed by atoms with Crippen molar-refractivity contribution in [3.63, 3.8) is 0 Å². The molecule has 3 rings (SSSR count). The minimum absolute atomic E-state index is 0.585. The summed E-state index contributed by atoms with van der Waals surface area (Å²) in [5.74, 6) is 1.16. The monoisotopic (exact) mass is 261 g/mol. The molecular formula is C14H19N3S. The van der Waals surface area contributed by atoms with Gasteiger partial charge in [-0.2, -0.15) is 0 Å². The number of piperidine rings is 1. The van der Waals surface area contributed by atoms with Crippen LogP contribution in [-0.2, 0) is 0 Å². The van der Waals surface area contributed by atoms with Gasteiger partial charge in [-0.25, -0.2) is 4.98 Å². The number of rotatable bonds is 3. The fourth-order valence-electron chi connectivity index (χ4n) is 2.79. The largest absolute Gasteiger partial charge is 0.352 e. The normalized spacial score (nSPS) is 20.2. The number of nitrogens with zero attached hydrogens (tertiary/aromatic N) is 2. The third kappa shape index (κ3) is 2.10. The van der Waals surface area contributed by atoms with Gasteiger partial charge in [-0.05, 0) is 43.8 Å². The zero-order valence-electron chi connectivity index (χ0n) is 10.7. The number of pyridine rings is 1. The molecule has 0 spiro atoms. The van der Waals surface area contributed by atoms with E-state index in [0.29, 0.717) is 6.04 Å². The van der Waals surface area contributed by atoms with Crippen molar-refractivity contribution < 1.29 is 0 Å². The molecule has 4 heteroatoms. The SMILES string of the molecule is CCN(c1nccc2sccc12)C1CCCNC1. The zero-order chi connectivity index (χ0) is 12.4. The van der Waals surface area contributed by atoms with Gasteiger partial charge in [0.2, 0.25) is 0 Å². The van der Waals surface area contributed by atoms with E-state index in [1.807, 2.05) is 6.20 Å². The lowest BCUT2D eigenvalue weighted by Gasteiger charge is -2.35. The summed E-state index contributed by atoms with van der Waals surface area (Å²) in [7, 11) is 0. The molecule has 0 saturated carbocycles. The first-order valence-corrected chi connectivity index (χ1v) is 7.57. The Hall–Kier alpha value is -1.13. The minimum Gasteiger partial charge on any atom is -0.352 e. The van der Waals surface area contributed by atoms with Crippen molar-refractivity contribution in [2.75, 3.05) is 24.5 Å². The van der Waals surface area contributed by atoms with Crippen LogP contribution in [0, 0.1) is 0 Å². The average Bonchev–Trinajstić information content (AvgIpc) is 2.90. The molecule has 0 aromatic carbocycles. The van der Waals surface area contributed by atoms with Gasteiger partial charge in [-0.1, -0.05) is 0 Å². The van der Waals surface area contributed by atoms with Gasteiger partial charge in [0.15, 0.2) is 0 Å². The van der Waals surface area contributed by atoms with Crippen LogP contribution < -0.4 is 10.2 Å². The van der Waals surface area contributed by atoms with Crippen molar-refractivity contribution in [3.8, 4) is 0 Å². The quantitative estimate of drug-likeness (QED) is 0.921. The molecule has 0 bridgehead atoms. The molecule has 0 radical (unpaired) electrons. The second kappa shape index (κ2) is 5.24. The molecule has 3 nitrogen and oxygen atoms in total. The number of fused-ring (bicyclic) bond motifs is 1. The highest BCUT2D eigenvalue weighted by atomic mass is 32.1. The Bertz CT molecular complexity index is 516. The maximum absolute atomic E-state index is 4.63. The summed E-state index contributed by atoms with van der Waals surface area (Å²) < 4.78 is 1.34. The molecular weight excluding hydrogens is 242 g/mol. The van der Waals surface area contributed by atoms with Crippen LogP contribution in [0.5, 0.6) is 0 Å². The smallest absolute Gasteiger partial charge is 0.137 e. The highest BCUT2D eigenvalue weighted by Gasteiger charge is 2.22. The van der Waals surface area contributed by atoms with Crippen LogP contribution in [0.15, 0.2) is 23.7 Å². The molecule has 1 aliphatic rings. The predicted octanol–water partition coefficient (Wildman–Crippen LogP) is 2.87. The molecule has 1 saturated heterocycles. The van der Waals surface area contributed by atoms with Crippen LogP contribution in [0.3, 0.4) is 0 Å². The molecule has 3 heterocycles. The summed E-state index contributed by atoms with van der Waals surface area (Å²) in [5, 5.41) is 6.95. The Kier molecular flexibility index (Phi) is 3.48. The Morgan fingerprint density at radius 1 is 1.50 bits per heavy atom. The summed E-state index contributed by atoms with van der Waals surface area (Å²) in [6.07, 6.45) is 4.47. The topological polar surface area (TPSA) is 28.2 Å². The van der Waals surface area contributed by atoms with Crippen molar-refractivity contribution in [2.45, 2.75) is 25.8 Å². The molecule has 1 fully saturated rings. The predicted molar refractivity (Wildman–Crippen MR) is 78.5 cm³/mol. The second-order valence-electron chi connectivity index (χ2n) is 4.75. The fourth-order valence-corrected chi connectivity index (χ4v) is 3.57. The van der Waals surface area contributed by atoms with E-state index < -0.39 is 0 Å². The average molecular weight is 261 g/mol. The number of aromatic nitrogens is 1. The minimum atomic E-state index is 0.585. The zero-order valence-corrected chi connectivity index (χ0v) is 11.5.